The van der Waals surface area contributed by atoms with Gasteiger partial charge in [-0.3, -0.25) is 0 Å². The van der Waals surface area contributed by atoms with E-state index in [2.05, 4.69) is 33.4 Å². The minimum atomic E-state index is 0.638. The Balaban J connectivity index is 2.01. The fraction of sp³-hybridized carbons (Fsp3) is 0.250. The van der Waals surface area contributed by atoms with Gasteiger partial charge in [0.05, 0.1) is 14.2 Å². The summed E-state index contributed by atoms with van der Waals surface area (Å²) in [5.74, 6) is 1.32. The van der Waals surface area contributed by atoms with E-state index in [4.69, 9.17) is 21.1 Å². The SMILES string of the molecule is COc1cc(Cl)c(CNCc2ccc(Br)cc2)cc1OC. The number of halogens is 2. The molecule has 0 unspecified atom stereocenters. The van der Waals surface area contributed by atoms with Crippen molar-refractivity contribution in [1.29, 1.82) is 0 Å². The molecular weight excluding hydrogens is 354 g/mol. The van der Waals surface area contributed by atoms with Crippen LogP contribution in [-0.2, 0) is 13.1 Å². The molecule has 0 spiro atoms. The maximum Gasteiger partial charge on any atom is 0.162 e. The normalized spacial score (nSPS) is 10.5. The van der Waals surface area contributed by atoms with Crippen LogP contribution in [0, 0.1) is 0 Å². The van der Waals surface area contributed by atoms with Crippen molar-refractivity contribution in [3.8, 4) is 11.5 Å². The Morgan fingerprint density at radius 1 is 1.00 bits per heavy atom. The van der Waals surface area contributed by atoms with E-state index in [1.165, 1.54) is 5.56 Å². The van der Waals surface area contributed by atoms with Crippen molar-refractivity contribution in [3.05, 3.63) is 57.0 Å². The van der Waals surface area contributed by atoms with Crippen LogP contribution in [0.15, 0.2) is 40.9 Å². The van der Waals surface area contributed by atoms with E-state index in [-0.39, 0.29) is 0 Å². The summed E-state index contributed by atoms with van der Waals surface area (Å²) in [7, 11) is 3.21. The molecule has 21 heavy (non-hydrogen) atoms. The predicted molar refractivity (Wildman–Crippen MR) is 89.2 cm³/mol. The highest BCUT2D eigenvalue weighted by Crippen LogP contribution is 2.33. The van der Waals surface area contributed by atoms with Crippen LogP contribution in [0.25, 0.3) is 0 Å². The maximum atomic E-state index is 6.26. The van der Waals surface area contributed by atoms with Gasteiger partial charge in [-0.2, -0.15) is 0 Å². The highest BCUT2D eigenvalue weighted by molar-refractivity contribution is 9.10. The van der Waals surface area contributed by atoms with E-state index in [9.17, 15) is 0 Å². The van der Waals surface area contributed by atoms with Gasteiger partial charge in [0.1, 0.15) is 0 Å². The van der Waals surface area contributed by atoms with Crippen molar-refractivity contribution in [3.63, 3.8) is 0 Å². The maximum absolute atomic E-state index is 6.26. The molecule has 112 valence electrons. The van der Waals surface area contributed by atoms with E-state index in [1.807, 2.05) is 18.2 Å². The second-order valence-corrected chi connectivity index (χ2v) is 5.85. The molecule has 5 heteroatoms. The summed E-state index contributed by atoms with van der Waals surface area (Å²) in [5, 5.41) is 4.03. The van der Waals surface area contributed by atoms with E-state index in [0.717, 1.165) is 16.6 Å². The van der Waals surface area contributed by atoms with Gasteiger partial charge in [-0.05, 0) is 29.3 Å². The van der Waals surface area contributed by atoms with Gasteiger partial charge < -0.3 is 14.8 Å². The zero-order valence-electron chi connectivity index (χ0n) is 12.0. The number of hydrogen-bond acceptors (Lipinski definition) is 3. The molecule has 0 fully saturated rings. The first-order valence-electron chi connectivity index (χ1n) is 6.49. The van der Waals surface area contributed by atoms with Crippen LogP contribution in [0.4, 0.5) is 0 Å². The van der Waals surface area contributed by atoms with Gasteiger partial charge in [-0.25, -0.2) is 0 Å². The molecule has 2 rings (SSSR count). The van der Waals surface area contributed by atoms with E-state index < -0.39 is 0 Å². The molecule has 0 heterocycles. The Labute approximate surface area is 138 Å². The number of hydrogen-bond donors (Lipinski definition) is 1. The monoisotopic (exact) mass is 369 g/mol. The first-order valence-corrected chi connectivity index (χ1v) is 7.66. The van der Waals surface area contributed by atoms with Crippen molar-refractivity contribution in [1.82, 2.24) is 5.32 Å². The van der Waals surface area contributed by atoms with Crippen molar-refractivity contribution >= 4 is 27.5 Å². The molecule has 2 aromatic carbocycles. The lowest BCUT2D eigenvalue weighted by molar-refractivity contribution is 0.354. The van der Waals surface area contributed by atoms with Crippen LogP contribution in [0.3, 0.4) is 0 Å². The van der Waals surface area contributed by atoms with E-state index in [1.54, 1.807) is 20.3 Å². The second-order valence-electron chi connectivity index (χ2n) is 4.53. The quantitative estimate of drug-likeness (QED) is 0.817. The van der Waals surface area contributed by atoms with Crippen molar-refractivity contribution < 1.29 is 9.47 Å². The molecule has 0 radical (unpaired) electrons. The molecule has 0 aliphatic carbocycles. The van der Waals surface area contributed by atoms with Crippen molar-refractivity contribution in [2.75, 3.05) is 14.2 Å². The predicted octanol–water partition coefficient (Wildman–Crippen LogP) is 4.41. The molecule has 0 aliphatic heterocycles. The standard InChI is InChI=1S/C16H17BrClNO2/c1-20-15-7-12(14(18)8-16(15)21-2)10-19-9-11-3-5-13(17)6-4-11/h3-8,19H,9-10H2,1-2H3. The third-order valence-corrected chi connectivity index (χ3v) is 3.99. The van der Waals surface area contributed by atoms with Gasteiger partial charge in [0, 0.05) is 28.7 Å². The third kappa shape index (κ3) is 4.37. The lowest BCUT2D eigenvalue weighted by atomic mass is 10.2. The largest absolute Gasteiger partial charge is 0.493 e. The Kier molecular flexibility index (Phi) is 5.91. The number of nitrogens with one attached hydrogen (secondary N) is 1. The Morgan fingerprint density at radius 2 is 1.62 bits per heavy atom. The summed E-state index contributed by atoms with van der Waals surface area (Å²) in [6, 6.07) is 11.9. The van der Waals surface area contributed by atoms with Crippen LogP contribution in [0.1, 0.15) is 11.1 Å². The van der Waals surface area contributed by atoms with Crippen molar-refractivity contribution in [2.24, 2.45) is 0 Å². The number of methoxy groups -OCH3 is 2. The summed E-state index contributed by atoms with van der Waals surface area (Å²) in [4.78, 5) is 0. The average Bonchev–Trinajstić information content (AvgIpc) is 2.50. The number of benzene rings is 2. The first kappa shape index (κ1) is 16.1. The molecule has 0 aromatic heterocycles. The highest BCUT2D eigenvalue weighted by atomic mass is 79.9. The molecular formula is C16H17BrClNO2. The lowest BCUT2D eigenvalue weighted by Gasteiger charge is -2.12. The first-order chi connectivity index (χ1) is 10.1. The smallest absolute Gasteiger partial charge is 0.162 e. The van der Waals surface area contributed by atoms with Gasteiger partial charge in [0.15, 0.2) is 11.5 Å². The Hall–Kier alpha value is -1.23. The molecule has 1 N–H and O–H groups in total. The Bertz CT molecular complexity index is 602. The molecule has 0 bridgehead atoms. The van der Waals surface area contributed by atoms with Crippen molar-refractivity contribution in [2.45, 2.75) is 13.1 Å². The van der Waals surface area contributed by atoms with Crippen LogP contribution in [-0.4, -0.2) is 14.2 Å². The van der Waals surface area contributed by atoms with Crippen LogP contribution >= 0.6 is 27.5 Å². The zero-order chi connectivity index (χ0) is 15.2. The minimum absolute atomic E-state index is 0.638. The molecule has 0 aliphatic rings. The summed E-state index contributed by atoms with van der Waals surface area (Å²) in [6.07, 6.45) is 0. The number of rotatable bonds is 6. The summed E-state index contributed by atoms with van der Waals surface area (Å²) in [5.41, 5.74) is 2.20. The minimum Gasteiger partial charge on any atom is -0.493 e. The van der Waals surface area contributed by atoms with Gasteiger partial charge in [-0.15, -0.1) is 0 Å². The fourth-order valence-corrected chi connectivity index (χ4v) is 2.46. The Morgan fingerprint density at radius 3 is 2.24 bits per heavy atom. The van der Waals surface area contributed by atoms with Gasteiger partial charge in [0.25, 0.3) is 0 Å². The van der Waals surface area contributed by atoms with Gasteiger partial charge >= 0.3 is 0 Å². The summed E-state index contributed by atoms with van der Waals surface area (Å²) < 4.78 is 11.6. The third-order valence-electron chi connectivity index (χ3n) is 3.11. The molecule has 2 aromatic rings. The lowest BCUT2D eigenvalue weighted by Crippen LogP contribution is -2.13. The van der Waals surface area contributed by atoms with Gasteiger partial charge in [0.2, 0.25) is 0 Å². The number of ether oxygens (including phenoxy) is 2. The summed E-state index contributed by atoms with van der Waals surface area (Å²) >= 11 is 9.68. The second kappa shape index (κ2) is 7.69. The molecule has 0 saturated heterocycles. The zero-order valence-corrected chi connectivity index (χ0v) is 14.3. The topological polar surface area (TPSA) is 30.5 Å². The average molecular weight is 371 g/mol. The van der Waals surface area contributed by atoms with E-state index >= 15 is 0 Å². The van der Waals surface area contributed by atoms with Crippen LogP contribution in [0.5, 0.6) is 11.5 Å². The van der Waals surface area contributed by atoms with Crippen LogP contribution < -0.4 is 14.8 Å². The fourth-order valence-electron chi connectivity index (χ4n) is 1.98. The molecule has 0 saturated carbocycles. The highest BCUT2D eigenvalue weighted by Gasteiger charge is 2.09. The van der Waals surface area contributed by atoms with Crippen LogP contribution in [0.2, 0.25) is 5.02 Å². The molecule has 0 amide bonds. The molecule has 0 atom stereocenters. The molecule has 3 nitrogen and oxygen atoms in total. The van der Waals surface area contributed by atoms with E-state index in [0.29, 0.717) is 23.1 Å². The summed E-state index contributed by atoms with van der Waals surface area (Å²) in [6.45, 7) is 1.44. The van der Waals surface area contributed by atoms with Gasteiger partial charge in [-0.1, -0.05) is 39.7 Å².